The topological polar surface area (TPSA) is 102 Å². The van der Waals surface area contributed by atoms with Crippen LogP contribution >= 0.6 is 0 Å². The van der Waals surface area contributed by atoms with E-state index in [9.17, 15) is 31.2 Å². The summed E-state index contributed by atoms with van der Waals surface area (Å²) in [4.78, 5) is 24.9. The number of para-hydroxylation sites is 2. The lowest BCUT2D eigenvalue weighted by Gasteiger charge is -2.26. The zero-order valence-electron chi connectivity index (χ0n) is 24.1. The summed E-state index contributed by atoms with van der Waals surface area (Å²) >= 11 is 0. The van der Waals surface area contributed by atoms with Gasteiger partial charge in [0.2, 0.25) is 5.91 Å². The summed E-state index contributed by atoms with van der Waals surface area (Å²) in [5.74, 6) is -0.491. The van der Waals surface area contributed by atoms with E-state index < -0.39 is 39.7 Å². The van der Waals surface area contributed by atoms with Crippen LogP contribution in [-0.4, -0.2) is 40.1 Å². The van der Waals surface area contributed by atoms with Crippen LogP contribution in [0.4, 0.5) is 18.9 Å². The maximum atomic E-state index is 14.0. The van der Waals surface area contributed by atoms with Crippen molar-refractivity contribution < 1.29 is 40.7 Å². The Bertz CT molecular complexity index is 1810. The first-order valence-corrected chi connectivity index (χ1v) is 15.4. The number of alkyl halides is 3. The smallest absolute Gasteiger partial charge is 0.416 e. The molecule has 0 bridgehead atoms. The molecule has 5 rings (SSSR count). The monoisotopic (exact) mass is 638 g/mol. The Morgan fingerprint density at radius 3 is 2.36 bits per heavy atom. The number of sulfonamides is 1. The zero-order chi connectivity index (χ0) is 32.2. The highest BCUT2D eigenvalue weighted by atomic mass is 32.2. The van der Waals surface area contributed by atoms with Gasteiger partial charge in [-0.25, -0.2) is 8.42 Å². The Morgan fingerprint density at radius 1 is 0.911 bits per heavy atom. The van der Waals surface area contributed by atoms with E-state index in [0.717, 1.165) is 16.4 Å². The SMILES string of the molecule is COC(=O)CCOc1ccccc1CNC(=O)[C@@H]1Cc2ccccc2N1S(=O)(=O)c1ccc(-c2cccc(C(F)(F)F)c2)cc1. The molecular weight excluding hydrogens is 609 g/mol. The van der Waals surface area contributed by atoms with Crippen molar-refractivity contribution in [2.75, 3.05) is 18.0 Å². The van der Waals surface area contributed by atoms with Crippen molar-refractivity contribution >= 4 is 27.6 Å². The number of methoxy groups -OCH3 is 1. The molecule has 1 atom stereocenters. The number of esters is 1. The molecule has 0 fully saturated rings. The van der Waals surface area contributed by atoms with Crippen molar-refractivity contribution in [1.82, 2.24) is 5.32 Å². The van der Waals surface area contributed by atoms with Gasteiger partial charge in [-0.3, -0.25) is 13.9 Å². The average molecular weight is 639 g/mol. The van der Waals surface area contributed by atoms with Crippen LogP contribution in [0.15, 0.2) is 102 Å². The van der Waals surface area contributed by atoms with Gasteiger partial charge >= 0.3 is 12.1 Å². The Morgan fingerprint density at radius 2 is 1.62 bits per heavy atom. The molecule has 0 saturated heterocycles. The Kier molecular flexibility index (Phi) is 9.14. The van der Waals surface area contributed by atoms with E-state index in [4.69, 9.17) is 4.74 Å². The summed E-state index contributed by atoms with van der Waals surface area (Å²) in [6.07, 6.45) is -4.33. The van der Waals surface area contributed by atoms with E-state index >= 15 is 0 Å². The van der Waals surface area contributed by atoms with Crippen LogP contribution in [0.25, 0.3) is 11.1 Å². The summed E-state index contributed by atoms with van der Waals surface area (Å²) in [7, 11) is -2.98. The number of benzene rings is 4. The molecule has 0 aliphatic carbocycles. The van der Waals surface area contributed by atoms with Crippen LogP contribution in [-0.2, 0) is 43.5 Å². The van der Waals surface area contributed by atoms with E-state index in [1.54, 1.807) is 48.5 Å². The largest absolute Gasteiger partial charge is 0.493 e. The fourth-order valence-electron chi connectivity index (χ4n) is 5.10. The molecule has 45 heavy (non-hydrogen) atoms. The standard InChI is InChI=1S/C33H29F3N2O6S/c1-43-31(39)17-18-44-30-12-5-3-8-25(30)21-37-32(40)29-20-24-7-2-4-11-28(24)38(29)45(41,42)27-15-13-22(14-16-27)23-9-6-10-26(19-23)33(34,35)36/h2-16,19,29H,17-18,20-21H2,1H3,(H,37,40)/t29-/m0/s1. The van der Waals surface area contributed by atoms with Gasteiger partial charge in [-0.2, -0.15) is 13.2 Å². The lowest BCUT2D eigenvalue weighted by Crippen LogP contribution is -2.47. The van der Waals surface area contributed by atoms with Gasteiger partial charge in [0.1, 0.15) is 11.8 Å². The molecule has 0 saturated carbocycles. The molecular formula is C33H29F3N2O6S. The number of nitrogens with zero attached hydrogens (tertiary/aromatic N) is 1. The Labute approximate surface area is 258 Å². The van der Waals surface area contributed by atoms with Crippen LogP contribution in [0.1, 0.15) is 23.1 Å². The minimum absolute atomic E-state index is 0.0413. The molecule has 0 aromatic heterocycles. The van der Waals surface area contributed by atoms with Gasteiger partial charge in [0.25, 0.3) is 10.0 Å². The van der Waals surface area contributed by atoms with Gasteiger partial charge in [0, 0.05) is 18.5 Å². The molecule has 4 aromatic carbocycles. The predicted molar refractivity (Wildman–Crippen MR) is 161 cm³/mol. The zero-order valence-corrected chi connectivity index (χ0v) is 24.9. The number of ether oxygens (including phenoxy) is 2. The van der Waals surface area contributed by atoms with Gasteiger partial charge in [0.15, 0.2) is 0 Å². The number of nitrogens with one attached hydrogen (secondary N) is 1. The second-order valence-corrected chi connectivity index (χ2v) is 12.1. The minimum Gasteiger partial charge on any atom is -0.493 e. The van der Waals surface area contributed by atoms with Gasteiger partial charge in [-0.1, -0.05) is 60.7 Å². The maximum Gasteiger partial charge on any atom is 0.416 e. The number of hydrogen-bond acceptors (Lipinski definition) is 6. The molecule has 0 spiro atoms. The molecule has 1 heterocycles. The lowest BCUT2D eigenvalue weighted by molar-refractivity contribution is -0.141. The van der Waals surface area contributed by atoms with Gasteiger partial charge in [-0.05, 0) is 53.1 Å². The molecule has 8 nitrogen and oxygen atoms in total. The van der Waals surface area contributed by atoms with E-state index in [1.807, 2.05) is 0 Å². The molecule has 1 aliphatic rings. The highest BCUT2D eigenvalue weighted by Crippen LogP contribution is 2.38. The number of amides is 1. The third-order valence-corrected chi connectivity index (χ3v) is 9.22. The lowest BCUT2D eigenvalue weighted by atomic mass is 10.0. The van der Waals surface area contributed by atoms with Crippen molar-refractivity contribution in [3.63, 3.8) is 0 Å². The number of hydrogen-bond donors (Lipinski definition) is 1. The molecule has 4 aromatic rings. The van der Waals surface area contributed by atoms with Gasteiger partial charge in [-0.15, -0.1) is 0 Å². The second kappa shape index (κ2) is 13.0. The number of carbonyl (C=O) groups is 2. The summed E-state index contributed by atoms with van der Waals surface area (Å²) < 4.78 is 79.1. The first kappa shape index (κ1) is 31.6. The quantitative estimate of drug-likeness (QED) is 0.222. The molecule has 12 heteroatoms. The number of halogens is 3. The van der Waals surface area contributed by atoms with Crippen LogP contribution in [0.2, 0.25) is 0 Å². The van der Waals surface area contributed by atoms with Gasteiger partial charge < -0.3 is 14.8 Å². The normalized spacial score (nSPS) is 14.5. The maximum absolute atomic E-state index is 14.0. The number of carbonyl (C=O) groups excluding carboxylic acids is 2. The van der Waals surface area contributed by atoms with E-state index in [1.165, 1.54) is 43.5 Å². The summed E-state index contributed by atoms with van der Waals surface area (Å²) in [5.41, 5.74) is 1.55. The third-order valence-electron chi connectivity index (χ3n) is 7.38. The highest BCUT2D eigenvalue weighted by Gasteiger charge is 2.42. The van der Waals surface area contributed by atoms with Crippen molar-refractivity contribution in [3.05, 3.63) is 114 Å². The minimum atomic E-state index is -4.52. The second-order valence-electron chi connectivity index (χ2n) is 10.3. The van der Waals surface area contributed by atoms with E-state index in [2.05, 4.69) is 10.1 Å². The fourth-order valence-corrected chi connectivity index (χ4v) is 6.75. The van der Waals surface area contributed by atoms with Crippen LogP contribution in [0.3, 0.4) is 0 Å². The van der Waals surface area contributed by atoms with Crippen LogP contribution < -0.4 is 14.4 Å². The van der Waals surface area contributed by atoms with Crippen LogP contribution in [0, 0.1) is 0 Å². The molecule has 0 unspecified atom stereocenters. The third kappa shape index (κ3) is 6.96. The highest BCUT2D eigenvalue weighted by molar-refractivity contribution is 7.93. The molecule has 1 N–H and O–H groups in total. The summed E-state index contributed by atoms with van der Waals surface area (Å²) in [6, 6.07) is 23.0. The Balaban J connectivity index is 1.37. The number of fused-ring (bicyclic) bond motifs is 1. The van der Waals surface area contributed by atoms with Crippen molar-refractivity contribution in [3.8, 4) is 16.9 Å². The average Bonchev–Trinajstić information content (AvgIpc) is 3.44. The summed E-state index contributed by atoms with van der Waals surface area (Å²) in [5, 5.41) is 2.82. The fraction of sp³-hybridized carbons (Fsp3) is 0.212. The van der Waals surface area contributed by atoms with Crippen molar-refractivity contribution in [2.24, 2.45) is 0 Å². The van der Waals surface area contributed by atoms with Crippen molar-refractivity contribution in [1.29, 1.82) is 0 Å². The molecule has 1 aliphatic heterocycles. The summed E-state index contributed by atoms with van der Waals surface area (Å²) in [6.45, 7) is 0.119. The molecule has 1 amide bonds. The number of rotatable bonds is 10. The first-order chi connectivity index (χ1) is 21.5. The van der Waals surface area contributed by atoms with E-state index in [-0.39, 0.29) is 36.5 Å². The van der Waals surface area contributed by atoms with Gasteiger partial charge in [0.05, 0.1) is 36.3 Å². The van der Waals surface area contributed by atoms with Crippen LogP contribution in [0.5, 0.6) is 5.75 Å². The number of anilines is 1. The van der Waals surface area contributed by atoms with E-state index in [0.29, 0.717) is 28.1 Å². The Hall–Kier alpha value is -4.84. The van der Waals surface area contributed by atoms with Crippen molar-refractivity contribution in [2.45, 2.75) is 36.5 Å². The molecule has 234 valence electrons. The first-order valence-electron chi connectivity index (χ1n) is 13.9. The molecule has 0 radical (unpaired) electrons. The predicted octanol–water partition coefficient (Wildman–Crippen LogP) is 5.75.